The van der Waals surface area contributed by atoms with Crippen molar-refractivity contribution < 1.29 is 19.1 Å². The highest BCUT2D eigenvalue weighted by Crippen LogP contribution is 2.39. The van der Waals surface area contributed by atoms with Crippen LogP contribution in [0.1, 0.15) is 36.5 Å². The molecule has 2 aromatic rings. The lowest BCUT2D eigenvalue weighted by molar-refractivity contribution is -0.120. The fourth-order valence-corrected chi connectivity index (χ4v) is 4.54. The SMILES string of the molecule is COc1cc(OC)cc(N2C(=O)C(c3ccc(C)cc3C)=C(N3CCC(C)CC3)C2=O)c1. The number of hydrogen-bond acceptors (Lipinski definition) is 5. The summed E-state index contributed by atoms with van der Waals surface area (Å²) in [6, 6.07) is 11.1. The number of nitrogens with zero attached hydrogens (tertiary/aromatic N) is 2. The van der Waals surface area contributed by atoms with Crippen LogP contribution in [0.4, 0.5) is 5.69 Å². The summed E-state index contributed by atoms with van der Waals surface area (Å²) in [4.78, 5) is 30.9. The Balaban J connectivity index is 1.85. The van der Waals surface area contributed by atoms with Crippen LogP contribution in [0.25, 0.3) is 5.57 Å². The quantitative estimate of drug-likeness (QED) is 0.656. The summed E-state index contributed by atoms with van der Waals surface area (Å²) in [5.41, 5.74) is 4.32. The molecule has 0 spiro atoms. The van der Waals surface area contributed by atoms with E-state index in [-0.39, 0.29) is 11.8 Å². The molecule has 0 bridgehead atoms. The normalized spacial score (nSPS) is 17.4. The maximum atomic E-state index is 13.8. The molecule has 168 valence electrons. The Kier molecular flexibility index (Phi) is 5.96. The Morgan fingerprint density at radius 2 is 1.50 bits per heavy atom. The molecule has 2 amide bonds. The molecular weight excluding hydrogens is 404 g/mol. The van der Waals surface area contributed by atoms with E-state index in [1.165, 1.54) is 4.90 Å². The Labute approximate surface area is 189 Å². The van der Waals surface area contributed by atoms with Crippen molar-refractivity contribution in [1.82, 2.24) is 4.90 Å². The van der Waals surface area contributed by atoms with Crippen molar-refractivity contribution in [2.24, 2.45) is 5.92 Å². The minimum atomic E-state index is -0.314. The number of methoxy groups -OCH3 is 2. The molecule has 2 aliphatic rings. The van der Waals surface area contributed by atoms with E-state index in [0.29, 0.717) is 34.4 Å². The first kappa shape index (κ1) is 21.9. The molecule has 0 N–H and O–H groups in total. The van der Waals surface area contributed by atoms with Crippen LogP contribution in [0, 0.1) is 19.8 Å². The highest BCUT2D eigenvalue weighted by atomic mass is 16.5. The second-order valence-corrected chi connectivity index (χ2v) is 8.73. The van der Waals surface area contributed by atoms with Crippen LogP contribution in [0.15, 0.2) is 42.1 Å². The van der Waals surface area contributed by atoms with Crippen molar-refractivity contribution in [3.05, 3.63) is 58.8 Å². The summed E-state index contributed by atoms with van der Waals surface area (Å²) < 4.78 is 10.7. The molecule has 6 heteroatoms. The fraction of sp³-hybridized carbons (Fsp3) is 0.385. The Morgan fingerprint density at radius 1 is 0.875 bits per heavy atom. The van der Waals surface area contributed by atoms with Gasteiger partial charge < -0.3 is 14.4 Å². The first-order chi connectivity index (χ1) is 15.3. The van der Waals surface area contributed by atoms with Gasteiger partial charge in [0.05, 0.1) is 25.5 Å². The second-order valence-electron chi connectivity index (χ2n) is 8.73. The molecule has 2 aromatic carbocycles. The second kappa shape index (κ2) is 8.69. The fourth-order valence-electron chi connectivity index (χ4n) is 4.54. The summed E-state index contributed by atoms with van der Waals surface area (Å²) in [6.07, 6.45) is 2.00. The lowest BCUT2D eigenvalue weighted by atomic mass is 9.95. The summed E-state index contributed by atoms with van der Waals surface area (Å²) in [6.45, 7) is 7.76. The van der Waals surface area contributed by atoms with Crippen LogP contribution in [-0.4, -0.2) is 44.0 Å². The van der Waals surface area contributed by atoms with Crippen LogP contribution in [-0.2, 0) is 9.59 Å². The molecule has 4 rings (SSSR count). The van der Waals surface area contributed by atoms with E-state index in [2.05, 4.69) is 11.8 Å². The molecule has 0 saturated carbocycles. The third kappa shape index (κ3) is 3.85. The standard InChI is InChI=1S/C26H30N2O4/c1-16-8-10-27(11-9-16)24-23(22-7-6-17(2)12-18(22)3)25(29)28(26(24)30)19-13-20(31-4)15-21(14-19)32-5/h6-7,12-16H,8-11H2,1-5H3. The van der Waals surface area contributed by atoms with Crippen LogP contribution in [0.5, 0.6) is 11.5 Å². The molecule has 0 aliphatic carbocycles. The van der Waals surface area contributed by atoms with Gasteiger partial charge in [0.25, 0.3) is 11.8 Å². The first-order valence-corrected chi connectivity index (χ1v) is 11.0. The predicted octanol–water partition coefficient (Wildman–Crippen LogP) is 4.34. The van der Waals surface area contributed by atoms with E-state index in [9.17, 15) is 9.59 Å². The Morgan fingerprint density at radius 3 is 2.06 bits per heavy atom. The van der Waals surface area contributed by atoms with Crippen molar-refractivity contribution in [3.63, 3.8) is 0 Å². The topological polar surface area (TPSA) is 59.1 Å². The number of amides is 2. The number of piperidine rings is 1. The molecule has 2 aliphatic heterocycles. The Bertz CT molecular complexity index is 1070. The van der Waals surface area contributed by atoms with Crippen molar-refractivity contribution in [1.29, 1.82) is 0 Å². The van der Waals surface area contributed by atoms with Gasteiger partial charge in [0.1, 0.15) is 17.2 Å². The van der Waals surface area contributed by atoms with Gasteiger partial charge >= 0.3 is 0 Å². The van der Waals surface area contributed by atoms with Gasteiger partial charge in [-0.1, -0.05) is 30.7 Å². The highest BCUT2D eigenvalue weighted by molar-refractivity contribution is 6.45. The average Bonchev–Trinajstić information content (AvgIpc) is 3.04. The molecule has 0 aromatic heterocycles. The molecule has 0 unspecified atom stereocenters. The summed E-state index contributed by atoms with van der Waals surface area (Å²) in [5, 5.41) is 0. The van der Waals surface area contributed by atoms with E-state index in [1.54, 1.807) is 32.4 Å². The minimum absolute atomic E-state index is 0.296. The number of likely N-dealkylation sites (tertiary alicyclic amines) is 1. The number of anilines is 1. The van der Waals surface area contributed by atoms with Gasteiger partial charge in [-0.15, -0.1) is 0 Å². The highest BCUT2D eigenvalue weighted by Gasteiger charge is 2.43. The Hall–Kier alpha value is -3.28. The van der Waals surface area contributed by atoms with Crippen LogP contribution >= 0.6 is 0 Å². The van der Waals surface area contributed by atoms with Gasteiger partial charge in [-0.25, -0.2) is 4.90 Å². The van der Waals surface area contributed by atoms with E-state index in [1.807, 2.05) is 32.0 Å². The van der Waals surface area contributed by atoms with Crippen molar-refractivity contribution in [3.8, 4) is 11.5 Å². The number of imide groups is 1. The molecule has 1 fully saturated rings. The van der Waals surface area contributed by atoms with Gasteiger partial charge in [-0.3, -0.25) is 9.59 Å². The summed E-state index contributed by atoms with van der Waals surface area (Å²) in [5.74, 6) is 1.05. The van der Waals surface area contributed by atoms with Gasteiger partial charge in [-0.2, -0.15) is 0 Å². The van der Waals surface area contributed by atoms with E-state index < -0.39 is 0 Å². The molecule has 0 radical (unpaired) electrons. The van der Waals surface area contributed by atoms with Crippen LogP contribution < -0.4 is 14.4 Å². The number of benzene rings is 2. The van der Waals surface area contributed by atoms with Crippen LogP contribution in [0.3, 0.4) is 0 Å². The lowest BCUT2D eigenvalue weighted by Crippen LogP contribution is -2.38. The molecule has 1 saturated heterocycles. The van der Waals surface area contributed by atoms with E-state index >= 15 is 0 Å². The summed E-state index contributed by atoms with van der Waals surface area (Å²) in [7, 11) is 3.09. The van der Waals surface area contributed by atoms with Crippen molar-refractivity contribution in [2.75, 3.05) is 32.2 Å². The predicted molar refractivity (Wildman–Crippen MR) is 125 cm³/mol. The number of aryl methyl sites for hydroxylation is 2. The molecule has 6 nitrogen and oxygen atoms in total. The van der Waals surface area contributed by atoms with E-state index in [0.717, 1.165) is 42.6 Å². The number of rotatable bonds is 5. The molecule has 0 atom stereocenters. The smallest absolute Gasteiger partial charge is 0.282 e. The van der Waals surface area contributed by atoms with Gasteiger partial charge in [-0.05, 0) is 43.7 Å². The third-order valence-corrected chi connectivity index (χ3v) is 6.40. The van der Waals surface area contributed by atoms with Gasteiger partial charge in [0, 0.05) is 31.3 Å². The minimum Gasteiger partial charge on any atom is -0.497 e. The number of carbonyl (C=O) groups excluding carboxylic acids is 2. The number of carbonyl (C=O) groups is 2. The maximum Gasteiger partial charge on any atom is 0.282 e. The zero-order chi connectivity index (χ0) is 23.0. The van der Waals surface area contributed by atoms with Crippen molar-refractivity contribution in [2.45, 2.75) is 33.6 Å². The largest absolute Gasteiger partial charge is 0.497 e. The molecule has 2 heterocycles. The number of hydrogen-bond donors (Lipinski definition) is 0. The van der Waals surface area contributed by atoms with Crippen molar-refractivity contribution >= 4 is 23.1 Å². The lowest BCUT2D eigenvalue weighted by Gasteiger charge is -2.32. The zero-order valence-corrected chi connectivity index (χ0v) is 19.4. The summed E-state index contributed by atoms with van der Waals surface area (Å²) >= 11 is 0. The van der Waals surface area contributed by atoms with Gasteiger partial charge in [0.15, 0.2) is 0 Å². The zero-order valence-electron chi connectivity index (χ0n) is 19.4. The maximum absolute atomic E-state index is 13.8. The van der Waals surface area contributed by atoms with Gasteiger partial charge in [0.2, 0.25) is 0 Å². The number of ether oxygens (including phenoxy) is 2. The average molecular weight is 435 g/mol. The van der Waals surface area contributed by atoms with Crippen LogP contribution in [0.2, 0.25) is 0 Å². The molecular formula is C26H30N2O4. The molecule has 32 heavy (non-hydrogen) atoms. The van der Waals surface area contributed by atoms with E-state index in [4.69, 9.17) is 9.47 Å². The monoisotopic (exact) mass is 434 g/mol. The third-order valence-electron chi connectivity index (χ3n) is 6.40. The first-order valence-electron chi connectivity index (χ1n) is 11.0.